The van der Waals surface area contributed by atoms with E-state index in [2.05, 4.69) is 15.9 Å². The molecule has 0 aromatic heterocycles. The van der Waals surface area contributed by atoms with Crippen LogP contribution in [0.25, 0.3) is 0 Å². The van der Waals surface area contributed by atoms with Crippen molar-refractivity contribution < 1.29 is 14.2 Å². The number of hydrogen-bond donors (Lipinski definition) is 1. The van der Waals surface area contributed by atoms with Crippen LogP contribution in [0.3, 0.4) is 0 Å². The highest BCUT2D eigenvalue weighted by molar-refractivity contribution is 9.10. The van der Waals surface area contributed by atoms with Crippen LogP contribution in [0.4, 0.5) is 0 Å². The van der Waals surface area contributed by atoms with Crippen molar-refractivity contribution in [2.75, 3.05) is 14.2 Å². The van der Waals surface area contributed by atoms with Crippen LogP contribution in [0.1, 0.15) is 11.1 Å². The van der Waals surface area contributed by atoms with E-state index < -0.39 is 0 Å². The number of methoxy groups -OCH3 is 2. The van der Waals surface area contributed by atoms with Gasteiger partial charge in [-0.1, -0.05) is 12.1 Å². The number of ether oxygens (including phenoxy) is 3. The van der Waals surface area contributed by atoms with E-state index in [1.807, 2.05) is 36.4 Å². The Hall–Kier alpha value is -1.72. The Balaban J connectivity index is 2.19. The molecule has 21 heavy (non-hydrogen) atoms. The molecule has 0 heterocycles. The molecule has 0 unspecified atom stereocenters. The second kappa shape index (κ2) is 7.33. The van der Waals surface area contributed by atoms with Gasteiger partial charge in [0.2, 0.25) is 0 Å². The van der Waals surface area contributed by atoms with Gasteiger partial charge in [-0.05, 0) is 51.3 Å². The third-order valence-corrected chi connectivity index (χ3v) is 3.63. The minimum absolute atomic E-state index is 0.425. The van der Waals surface area contributed by atoms with Crippen molar-refractivity contribution in [1.82, 2.24) is 0 Å². The Morgan fingerprint density at radius 3 is 2.52 bits per heavy atom. The fourth-order valence-electron chi connectivity index (χ4n) is 1.95. The Bertz CT molecular complexity index is 616. The molecule has 0 saturated heterocycles. The standard InChI is InChI=1S/C16H18BrNO3/c1-19-13-5-3-4-11(6-13)10-21-16-14(17)7-12(9-18)8-15(16)20-2/h3-8H,9-10,18H2,1-2H3. The minimum Gasteiger partial charge on any atom is -0.497 e. The fraction of sp³-hybridized carbons (Fsp3) is 0.250. The van der Waals surface area contributed by atoms with Gasteiger partial charge in [-0.2, -0.15) is 0 Å². The first-order valence-electron chi connectivity index (χ1n) is 6.50. The van der Waals surface area contributed by atoms with E-state index >= 15 is 0 Å². The molecule has 2 aromatic carbocycles. The SMILES string of the molecule is COc1cccc(COc2c(Br)cc(CN)cc2OC)c1. The monoisotopic (exact) mass is 351 g/mol. The molecule has 112 valence electrons. The number of nitrogens with two attached hydrogens (primary N) is 1. The summed E-state index contributed by atoms with van der Waals surface area (Å²) in [4.78, 5) is 0. The molecule has 0 saturated carbocycles. The molecule has 0 spiro atoms. The summed E-state index contributed by atoms with van der Waals surface area (Å²) in [5, 5.41) is 0. The van der Waals surface area contributed by atoms with Gasteiger partial charge in [0, 0.05) is 6.54 Å². The molecule has 2 rings (SSSR count). The summed E-state index contributed by atoms with van der Waals surface area (Å²) in [5.74, 6) is 2.13. The normalized spacial score (nSPS) is 10.3. The maximum absolute atomic E-state index is 5.88. The lowest BCUT2D eigenvalue weighted by atomic mass is 10.2. The minimum atomic E-state index is 0.425. The van der Waals surface area contributed by atoms with Gasteiger partial charge in [0.1, 0.15) is 12.4 Å². The highest BCUT2D eigenvalue weighted by atomic mass is 79.9. The smallest absolute Gasteiger partial charge is 0.175 e. The van der Waals surface area contributed by atoms with E-state index in [0.29, 0.717) is 24.7 Å². The Morgan fingerprint density at radius 2 is 1.86 bits per heavy atom. The molecule has 0 aliphatic heterocycles. The van der Waals surface area contributed by atoms with Crippen molar-refractivity contribution in [3.63, 3.8) is 0 Å². The molecule has 2 N–H and O–H groups in total. The van der Waals surface area contributed by atoms with Crippen LogP contribution >= 0.6 is 15.9 Å². The first-order valence-corrected chi connectivity index (χ1v) is 7.29. The number of rotatable bonds is 6. The van der Waals surface area contributed by atoms with E-state index in [1.165, 1.54) is 0 Å². The van der Waals surface area contributed by atoms with Crippen molar-refractivity contribution >= 4 is 15.9 Å². The molecule has 0 atom stereocenters. The average Bonchev–Trinajstić information content (AvgIpc) is 2.53. The summed E-state index contributed by atoms with van der Waals surface area (Å²) in [7, 11) is 3.26. The predicted molar refractivity (Wildman–Crippen MR) is 85.9 cm³/mol. The number of halogens is 1. The molecule has 0 amide bonds. The fourth-order valence-corrected chi connectivity index (χ4v) is 2.55. The third kappa shape index (κ3) is 3.89. The van der Waals surface area contributed by atoms with Crippen molar-refractivity contribution in [3.05, 3.63) is 52.0 Å². The molecule has 0 fully saturated rings. The van der Waals surface area contributed by atoms with Gasteiger partial charge in [-0.15, -0.1) is 0 Å². The van der Waals surface area contributed by atoms with Crippen LogP contribution < -0.4 is 19.9 Å². The van der Waals surface area contributed by atoms with Gasteiger partial charge in [-0.3, -0.25) is 0 Å². The van der Waals surface area contributed by atoms with Crippen molar-refractivity contribution in [2.45, 2.75) is 13.2 Å². The molecule has 4 nitrogen and oxygen atoms in total. The van der Waals surface area contributed by atoms with Crippen molar-refractivity contribution in [3.8, 4) is 17.2 Å². The molecule has 5 heteroatoms. The summed E-state index contributed by atoms with van der Waals surface area (Å²) >= 11 is 3.50. The second-order valence-electron chi connectivity index (χ2n) is 4.45. The quantitative estimate of drug-likeness (QED) is 0.865. The van der Waals surface area contributed by atoms with Crippen LogP contribution in [0, 0.1) is 0 Å². The van der Waals surface area contributed by atoms with E-state index in [1.54, 1.807) is 14.2 Å². The number of benzene rings is 2. The zero-order valence-electron chi connectivity index (χ0n) is 12.1. The highest BCUT2D eigenvalue weighted by Crippen LogP contribution is 2.37. The maximum atomic E-state index is 5.88. The molecule has 0 aliphatic carbocycles. The third-order valence-electron chi connectivity index (χ3n) is 3.04. The second-order valence-corrected chi connectivity index (χ2v) is 5.31. The van der Waals surface area contributed by atoms with Crippen LogP contribution in [0.5, 0.6) is 17.2 Å². The van der Waals surface area contributed by atoms with E-state index in [0.717, 1.165) is 21.3 Å². The van der Waals surface area contributed by atoms with Gasteiger partial charge in [0.25, 0.3) is 0 Å². The van der Waals surface area contributed by atoms with Gasteiger partial charge in [-0.25, -0.2) is 0 Å². The molecule has 2 aromatic rings. The summed E-state index contributed by atoms with van der Waals surface area (Å²) in [6, 6.07) is 11.6. The molecular formula is C16H18BrNO3. The summed E-state index contributed by atoms with van der Waals surface area (Å²) in [6.07, 6.45) is 0. The van der Waals surface area contributed by atoms with Gasteiger partial charge in [0.15, 0.2) is 11.5 Å². The average molecular weight is 352 g/mol. The molecular weight excluding hydrogens is 334 g/mol. The molecule has 0 aliphatic rings. The summed E-state index contributed by atoms with van der Waals surface area (Å²) < 4.78 is 17.3. The van der Waals surface area contributed by atoms with Gasteiger partial charge >= 0.3 is 0 Å². The number of hydrogen-bond acceptors (Lipinski definition) is 4. The topological polar surface area (TPSA) is 53.7 Å². The van der Waals surface area contributed by atoms with Crippen LogP contribution in [-0.2, 0) is 13.2 Å². The molecule has 0 bridgehead atoms. The van der Waals surface area contributed by atoms with Gasteiger partial charge < -0.3 is 19.9 Å². The predicted octanol–water partition coefficient (Wildman–Crippen LogP) is 3.50. The Labute approximate surface area is 132 Å². The lowest BCUT2D eigenvalue weighted by molar-refractivity contribution is 0.281. The van der Waals surface area contributed by atoms with Crippen LogP contribution in [-0.4, -0.2) is 14.2 Å². The summed E-state index contributed by atoms with van der Waals surface area (Å²) in [6.45, 7) is 0.874. The zero-order chi connectivity index (χ0) is 15.2. The van der Waals surface area contributed by atoms with Gasteiger partial charge in [0.05, 0.1) is 18.7 Å². The first kappa shape index (κ1) is 15.7. The first-order chi connectivity index (χ1) is 10.2. The van der Waals surface area contributed by atoms with E-state index in [9.17, 15) is 0 Å². The van der Waals surface area contributed by atoms with Crippen LogP contribution in [0.15, 0.2) is 40.9 Å². The zero-order valence-corrected chi connectivity index (χ0v) is 13.6. The maximum Gasteiger partial charge on any atom is 0.175 e. The molecule has 0 radical (unpaired) electrons. The van der Waals surface area contributed by atoms with Crippen molar-refractivity contribution in [2.24, 2.45) is 5.73 Å². The lowest BCUT2D eigenvalue weighted by Crippen LogP contribution is -2.02. The highest BCUT2D eigenvalue weighted by Gasteiger charge is 2.11. The largest absolute Gasteiger partial charge is 0.497 e. The Kier molecular flexibility index (Phi) is 5.47. The summed E-state index contributed by atoms with van der Waals surface area (Å²) in [5.41, 5.74) is 7.66. The lowest BCUT2D eigenvalue weighted by Gasteiger charge is -2.14. The van der Waals surface area contributed by atoms with E-state index in [4.69, 9.17) is 19.9 Å². The van der Waals surface area contributed by atoms with Crippen LogP contribution in [0.2, 0.25) is 0 Å². The Morgan fingerprint density at radius 1 is 1.05 bits per heavy atom. The van der Waals surface area contributed by atoms with E-state index in [-0.39, 0.29) is 0 Å². The van der Waals surface area contributed by atoms with Crippen molar-refractivity contribution in [1.29, 1.82) is 0 Å².